The molecule has 0 aliphatic carbocycles. The lowest BCUT2D eigenvalue weighted by molar-refractivity contribution is -0.145. The van der Waals surface area contributed by atoms with E-state index in [1.165, 1.54) is 11.0 Å². The molecular formula is C47H63ClF3N7O8. The van der Waals surface area contributed by atoms with Crippen LogP contribution in [0.1, 0.15) is 87.3 Å². The van der Waals surface area contributed by atoms with Crippen molar-refractivity contribution in [1.82, 2.24) is 24.5 Å². The van der Waals surface area contributed by atoms with Crippen molar-refractivity contribution in [2.75, 3.05) is 90.2 Å². The Labute approximate surface area is 389 Å². The number of amides is 5. The van der Waals surface area contributed by atoms with E-state index in [1.807, 2.05) is 17.0 Å². The Bertz CT molecular complexity index is 2050. The predicted octanol–water partition coefficient (Wildman–Crippen LogP) is 6.84. The van der Waals surface area contributed by atoms with Gasteiger partial charge < -0.3 is 49.8 Å². The number of rotatable bonds is 14. The van der Waals surface area contributed by atoms with E-state index in [0.717, 1.165) is 75.5 Å². The van der Waals surface area contributed by atoms with Gasteiger partial charge in [0.05, 0.1) is 36.4 Å². The van der Waals surface area contributed by atoms with E-state index in [1.54, 1.807) is 23.0 Å². The van der Waals surface area contributed by atoms with Gasteiger partial charge in [0, 0.05) is 76.9 Å². The summed E-state index contributed by atoms with van der Waals surface area (Å²) in [5.74, 6) is 0.953. The fourth-order valence-electron chi connectivity index (χ4n) is 10.2. The molecule has 66 heavy (non-hydrogen) atoms. The Balaban J connectivity index is 0.898. The van der Waals surface area contributed by atoms with Gasteiger partial charge in [-0.15, -0.1) is 0 Å². The normalized spacial score (nSPS) is 20.1. The van der Waals surface area contributed by atoms with E-state index in [9.17, 15) is 37.1 Å². The molecule has 5 aliphatic heterocycles. The molecular weight excluding hydrogens is 883 g/mol. The highest BCUT2D eigenvalue weighted by atomic mass is 35.5. The maximum atomic E-state index is 14.3. The number of fused-ring (bicyclic) bond motifs is 1. The topological polar surface area (TPSA) is 167 Å². The molecule has 0 spiro atoms. The van der Waals surface area contributed by atoms with E-state index in [4.69, 9.17) is 31.5 Å². The van der Waals surface area contributed by atoms with Crippen LogP contribution < -0.4 is 15.8 Å². The summed E-state index contributed by atoms with van der Waals surface area (Å²) in [4.78, 5) is 74.8. The molecule has 0 aromatic heterocycles. The first kappa shape index (κ1) is 48.9. The summed E-state index contributed by atoms with van der Waals surface area (Å²) < 4.78 is 58.7. The molecule has 0 bridgehead atoms. The van der Waals surface area contributed by atoms with Gasteiger partial charge in [0.2, 0.25) is 5.91 Å². The molecule has 0 saturated carbocycles. The maximum absolute atomic E-state index is 14.3. The van der Waals surface area contributed by atoms with Crippen LogP contribution in [0.4, 0.5) is 34.1 Å². The number of ether oxygens (including phenoxy) is 3. The van der Waals surface area contributed by atoms with E-state index in [0.29, 0.717) is 95.4 Å². The summed E-state index contributed by atoms with van der Waals surface area (Å²) in [6.45, 7) is 5.79. The number of hydrogen-bond donors (Lipinski definition) is 2. The molecule has 362 valence electrons. The quantitative estimate of drug-likeness (QED) is 0.116. The zero-order valence-electron chi connectivity index (χ0n) is 37.8. The van der Waals surface area contributed by atoms with Crippen molar-refractivity contribution in [3.63, 3.8) is 0 Å². The highest BCUT2D eigenvalue weighted by Gasteiger charge is 2.39. The third-order valence-electron chi connectivity index (χ3n) is 14.1. The van der Waals surface area contributed by atoms with Crippen LogP contribution in [-0.2, 0) is 42.9 Å². The van der Waals surface area contributed by atoms with E-state index in [-0.39, 0.29) is 54.0 Å². The van der Waals surface area contributed by atoms with Gasteiger partial charge in [-0.05, 0) is 131 Å². The Kier molecular flexibility index (Phi) is 16.5. The zero-order chi connectivity index (χ0) is 47.0. The minimum Gasteiger partial charge on any atom is -0.497 e. The van der Waals surface area contributed by atoms with Gasteiger partial charge in [0.1, 0.15) is 5.75 Å². The summed E-state index contributed by atoms with van der Waals surface area (Å²) >= 11 is 6.17. The number of methoxy groups -OCH3 is 1. The Morgan fingerprint density at radius 1 is 0.864 bits per heavy atom. The minimum atomic E-state index is -4.80. The number of nitrogen functional groups attached to an aromatic ring is 1. The molecule has 5 amide bonds. The molecule has 0 radical (unpaired) electrons. The van der Waals surface area contributed by atoms with Crippen molar-refractivity contribution in [1.29, 1.82) is 0 Å². The summed E-state index contributed by atoms with van der Waals surface area (Å²) in [6.07, 6.45) is 1.09. The highest BCUT2D eigenvalue weighted by Crippen LogP contribution is 2.39. The fourth-order valence-corrected chi connectivity index (χ4v) is 10.4. The van der Waals surface area contributed by atoms with Crippen LogP contribution in [0.15, 0.2) is 30.3 Å². The summed E-state index contributed by atoms with van der Waals surface area (Å²) in [6, 6.07) is 7.25. The highest BCUT2D eigenvalue weighted by molar-refractivity contribution is 6.33. The number of nitrogens with one attached hydrogen (secondary N) is 1. The maximum Gasteiger partial charge on any atom is 0.418 e. The van der Waals surface area contributed by atoms with Gasteiger partial charge in [-0.25, -0.2) is 9.59 Å². The molecule has 3 N–H and O–H groups in total. The van der Waals surface area contributed by atoms with Crippen LogP contribution in [0.3, 0.4) is 0 Å². The number of alkyl halides is 3. The lowest BCUT2D eigenvalue weighted by Crippen LogP contribution is -2.52. The summed E-state index contributed by atoms with van der Waals surface area (Å²) in [5, 5.41) is 2.67. The number of urea groups is 1. The van der Waals surface area contributed by atoms with Crippen molar-refractivity contribution >= 4 is 52.9 Å². The molecule has 4 saturated heterocycles. The van der Waals surface area contributed by atoms with Gasteiger partial charge in [0.25, 0.3) is 5.91 Å². The first-order chi connectivity index (χ1) is 31.7. The first-order valence-electron chi connectivity index (χ1n) is 23.5. The molecule has 2 aromatic carbocycles. The van der Waals surface area contributed by atoms with Crippen molar-refractivity contribution < 1.29 is 51.4 Å². The third-order valence-corrected chi connectivity index (χ3v) is 14.4. The van der Waals surface area contributed by atoms with Crippen LogP contribution in [0.25, 0.3) is 0 Å². The first-order valence-corrected chi connectivity index (χ1v) is 23.8. The predicted molar refractivity (Wildman–Crippen MR) is 241 cm³/mol. The van der Waals surface area contributed by atoms with Crippen molar-refractivity contribution in [2.45, 2.75) is 102 Å². The lowest BCUT2D eigenvalue weighted by atomic mass is 9.78. The van der Waals surface area contributed by atoms with Gasteiger partial charge in [-0.1, -0.05) is 11.6 Å². The van der Waals surface area contributed by atoms with Crippen LogP contribution in [0.2, 0.25) is 5.02 Å². The summed E-state index contributed by atoms with van der Waals surface area (Å²) in [5.41, 5.74) is 5.69. The Morgan fingerprint density at radius 3 is 2.24 bits per heavy atom. The minimum absolute atomic E-state index is 0.0534. The number of nitrogens with two attached hydrogens (primary N) is 1. The van der Waals surface area contributed by atoms with Gasteiger partial charge in [-0.3, -0.25) is 14.4 Å². The number of piperidine rings is 4. The largest absolute Gasteiger partial charge is 0.497 e. The number of halogens is 4. The number of esters is 1. The van der Waals surface area contributed by atoms with Crippen molar-refractivity contribution in [3.05, 3.63) is 52.0 Å². The van der Waals surface area contributed by atoms with Crippen molar-refractivity contribution in [3.8, 4) is 5.75 Å². The van der Waals surface area contributed by atoms with Gasteiger partial charge in [-0.2, -0.15) is 13.2 Å². The number of nitrogens with zero attached hydrogens (tertiary/aromatic N) is 5. The number of carbonyl (C=O) groups is 5. The average Bonchev–Trinajstić information content (AvgIpc) is 3.48. The molecule has 4 fully saturated rings. The second-order valence-corrected chi connectivity index (χ2v) is 18.6. The number of anilines is 2. The monoisotopic (exact) mass is 945 g/mol. The molecule has 5 aliphatic rings. The summed E-state index contributed by atoms with van der Waals surface area (Å²) in [7, 11) is 1.59. The Hall–Kier alpha value is -4.97. The zero-order valence-corrected chi connectivity index (χ0v) is 38.5. The average molecular weight is 947 g/mol. The molecule has 7 rings (SSSR count). The second-order valence-electron chi connectivity index (χ2n) is 18.2. The third kappa shape index (κ3) is 12.5. The number of hydrogen-bond acceptors (Lipinski definition) is 10. The smallest absolute Gasteiger partial charge is 0.418 e. The van der Waals surface area contributed by atoms with Crippen LogP contribution in [-0.4, -0.2) is 146 Å². The van der Waals surface area contributed by atoms with Crippen LogP contribution in [0, 0.1) is 11.8 Å². The SMILES string of the molecule is COc1ccc2c(c1)CCN(C1CCN(C(=O)O[C@H](Cc3cc(Cl)c(N)c(C(F)(F)F)c3)C(=O)N3CCC(C4CCN(CCC(=O)OCCCN5CCCCC5=O)CC4)CC3)CC1)C(=O)N2. The van der Waals surface area contributed by atoms with Crippen LogP contribution >= 0.6 is 11.6 Å². The van der Waals surface area contributed by atoms with Crippen molar-refractivity contribution in [2.24, 2.45) is 11.8 Å². The second kappa shape index (κ2) is 22.2. The molecule has 15 nitrogen and oxygen atoms in total. The van der Waals surface area contributed by atoms with Gasteiger partial charge in [0.15, 0.2) is 6.10 Å². The molecule has 2 aromatic rings. The van der Waals surface area contributed by atoms with Gasteiger partial charge >= 0.3 is 24.3 Å². The van der Waals surface area contributed by atoms with E-state index in [2.05, 4.69) is 10.2 Å². The van der Waals surface area contributed by atoms with E-state index < -0.39 is 35.5 Å². The van der Waals surface area contributed by atoms with E-state index >= 15 is 0 Å². The number of benzene rings is 2. The lowest BCUT2D eigenvalue weighted by Gasteiger charge is -2.41. The number of carbonyl (C=O) groups excluding carboxylic acids is 5. The molecule has 0 unspecified atom stereocenters. The molecule has 5 heterocycles. The molecule has 19 heteroatoms. The number of likely N-dealkylation sites (tertiary alicyclic amines) is 4. The standard InChI is InChI=1S/C47H63ClF3N7O8/c1-64-36-6-7-39-34(30-36)12-25-58(45(62)53-39)35-13-23-57(24-14-35)46(63)66-40(29-31-27-37(47(49,50)51)43(52)38(48)28-31)44(61)56-21-10-33(11-22-56)32-8-18-54(19-9-32)20-15-42(60)65-26-4-17-55-16-3-2-5-41(55)59/h6-7,27-28,30,32-33,35,40H,2-5,8-26,29,52H2,1H3,(H,53,62)/t40-/m1/s1. The Morgan fingerprint density at radius 2 is 1.56 bits per heavy atom. The molecule has 1 atom stereocenters. The fraction of sp³-hybridized carbons (Fsp3) is 0.638. The van der Waals surface area contributed by atoms with Crippen LogP contribution in [0.5, 0.6) is 5.75 Å².